The van der Waals surface area contributed by atoms with E-state index in [1.54, 1.807) is 0 Å². The van der Waals surface area contributed by atoms with Crippen LogP contribution in [0.4, 0.5) is 5.69 Å². The summed E-state index contributed by atoms with van der Waals surface area (Å²) in [6.07, 6.45) is 0.493. The zero-order valence-electron chi connectivity index (χ0n) is 8.42. The van der Waals surface area contributed by atoms with E-state index in [2.05, 4.69) is 26.6 Å². The van der Waals surface area contributed by atoms with Gasteiger partial charge in [-0.2, -0.15) is 0 Å². The van der Waals surface area contributed by atoms with Crippen LogP contribution in [0.1, 0.15) is 6.42 Å². The van der Waals surface area contributed by atoms with Crippen molar-refractivity contribution in [2.45, 2.75) is 6.42 Å². The van der Waals surface area contributed by atoms with Crippen LogP contribution in [0.15, 0.2) is 28.7 Å². The SMILES string of the molecule is CNCCC(=O)Nc1ccc(Br)cc1.Cl. The number of rotatable bonds is 4. The van der Waals surface area contributed by atoms with Gasteiger partial charge in [-0.15, -0.1) is 12.4 Å². The summed E-state index contributed by atoms with van der Waals surface area (Å²) >= 11 is 3.33. The van der Waals surface area contributed by atoms with Crippen molar-refractivity contribution in [1.29, 1.82) is 0 Å². The van der Waals surface area contributed by atoms with E-state index in [1.807, 2.05) is 31.3 Å². The van der Waals surface area contributed by atoms with Crippen LogP contribution < -0.4 is 10.6 Å². The number of hydrogen-bond acceptors (Lipinski definition) is 2. The summed E-state index contributed by atoms with van der Waals surface area (Å²) in [6.45, 7) is 0.697. The van der Waals surface area contributed by atoms with Crippen molar-refractivity contribution in [1.82, 2.24) is 5.32 Å². The maximum Gasteiger partial charge on any atom is 0.225 e. The van der Waals surface area contributed by atoms with Gasteiger partial charge in [-0.3, -0.25) is 4.79 Å². The van der Waals surface area contributed by atoms with Crippen molar-refractivity contribution in [3.63, 3.8) is 0 Å². The summed E-state index contributed by atoms with van der Waals surface area (Å²) in [4.78, 5) is 11.3. The molecule has 1 aromatic carbocycles. The molecule has 0 fully saturated rings. The molecule has 1 rings (SSSR count). The molecule has 0 aliphatic heterocycles. The average molecular weight is 294 g/mol. The summed E-state index contributed by atoms with van der Waals surface area (Å²) in [7, 11) is 1.83. The van der Waals surface area contributed by atoms with Crippen LogP contribution in [0.5, 0.6) is 0 Å². The first kappa shape index (κ1) is 14.4. The number of nitrogens with one attached hydrogen (secondary N) is 2. The standard InChI is InChI=1S/C10H13BrN2O.ClH/c1-12-7-6-10(14)13-9-4-2-8(11)3-5-9;/h2-5,12H,6-7H2,1H3,(H,13,14);1H. The van der Waals surface area contributed by atoms with Crippen molar-refractivity contribution in [3.8, 4) is 0 Å². The predicted molar refractivity (Wildman–Crippen MR) is 68.6 cm³/mol. The van der Waals surface area contributed by atoms with E-state index >= 15 is 0 Å². The highest BCUT2D eigenvalue weighted by atomic mass is 79.9. The zero-order valence-corrected chi connectivity index (χ0v) is 10.8. The minimum atomic E-state index is 0. The first-order valence-corrected chi connectivity index (χ1v) is 5.21. The van der Waals surface area contributed by atoms with Crippen LogP contribution in [0.2, 0.25) is 0 Å². The van der Waals surface area contributed by atoms with Gasteiger partial charge in [0.25, 0.3) is 0 Å². The van der Waals surface area contributed by atoms with Gasteiger partial charge in [0.05, 0.1) is 0 Å². The Kier molecular flexibility index (Phi) is 7.38. The summed E-state index contributed by atoms with van der Waals surface area (Å²) in [5.74, 6) is 0.0293. The molecule has 3 nitrogen and oxygen atoms in total. The monoisotopic (exact) mass is 292 g/mol. The maximum absolute atomic E-state index is 11.3. The minimum Gasteiger partial charge on any atom is -0.326 e. The largest absolute Gasteiger partial charge is 0.326 e. The summed E-state index contributed by atoms with van der Waals surface area (Å²) in [5, 5.41) is 5.73. The molecule has 0 saturated heterocycles. The van der Waals surface area contributed by atoms with E-state index in [1.165, 1.54) is 0 Å². The first-order valence-electron chi connectivity index (χ1n) is 4.42. The smallest absolute Gasteiger partial charge is 0.225 e. The highest BCUT2D eigenvalue weighted by molar-refractivity contribution is 9.10. The van der Waals surface area contributed by atoms with Crippen molar-refractivity contribution in [2.75, 3.05) is 18.9 Å². The highest BCUT2D eigenvalue weighted by Gasteiger charge is 2.00. The molecule has 15 heavy (non-hydrogen) atoms. The number of halogens is 2. The third-order valence-electron chi connectivity index (χ3n) is 1.73. The fourth-order valence-electron chi connectivity index (χ4n) is 0.995. The third-order valence-corrected chi connectivity index (χ3v) is 2.26. The van der Waals surface area contributed by atoms with E-state index in [0.29, 0.717) is 13.0 Å². The molecule has 1 amide bonds. The number of anilines is 1. The normalized spacial score (nSPS) is 9.20. The molecule has 84 valence electrons. The molecule has 1 aromatic rings. The fraction of sp³-hybridized carbons (Fsp3) is 0.300. The second-order valence-electron chi connectivity index (χ2n) is 2.91. The topological polar surface area (TPSA) is 41.1 Å². The molecule has 0 heterocycles. The van der Waals surface area contributed by atoms with Crippen LogP contribution in [0.25, 0.3) is 0 Å². The Morgan fingerprint density at radius 3 is 2.47 bits per heavy atom. The minimum absolute atomic E-state index is 0. The van der Waals surface area contributed by atoms with Crippen molar-refractivity contribution < 1.29 is 4.79 Å². The molecule has 0 aromatic heterocycles. The van der Waals surface area contributed by atoms with Gasteiger partial charge in [-0.25, -0.2) is 0 Å². The van der Waals surface area contributed by atoms with Gasteiger partial charge in [0.1, 0.15) is 0 Å². The quantitative estimate of drug-likeness (QED) is 0.895. The Morgan fingerprint density at radius 1 is 1.33 bits per heavy atom. The molecule has 0 spiro atoms. The van der Waals surface area contributed by atoms with Crippen LogP contribution in [-0.2, 0) is 4.79 Å². The Morgan fingerprint density at radius 2 is 1.93 bits per heavy atom. The van der Waals surface area contributed by atoms with Crippen LogP contribution in [0.3, 0.4) is 0 Å². The van der Waals surface area contributed by atoms with Gasteiger partial charge < -0.3 is 10.6 Å². The number of benzene rings is 1. The Labute approximate surface area is 104 Å². The molecular weight excluding hydrogens is 279 g/mol. The molecule has 0 atom stereocenters. The van der Waals surface area contributed by atoms with Gasteiger partial charge in [0.15, 0.2) is 0 Å². The number of carbonyl (C=O) groups excluding carboxylic acids is 1. The molecule has 0 aliphatic rings. The molecule has 5 heteroatoms. The summed E-state index contributed by atoms with van der Waals surface area (Å²) in [6, 6.07) is 7.52. The molecule has 0 bridgehead atoms. The average Bonchev–Trinajstić information content (AvgIpc) is 2.18. The lowest BCUT2D eigenvalue weighted by molar-refractivity contribution is -0.116. The number of carbonyl (C=O) groups is 1. The van der Waals surface area contributed by atoms with E-state index < -0.39 is 0 Å². The first-order chi connectivity index (χ1) is 6.72. The van der Waals surface area contributed by atoms with E-state index in [9.17, 15) is 4.79 Å². The van der Waals surface area contributed by atoms with Crippen LogP contribution in [0, 0.1) is 0 Å². The molecule has 0 unspecified atom stereocenters. The Balaban J connectivity index is 0.00000196. The lowest BCUT2D eigenvalue weighted by Crippen LogP contribution is -2.18. The Hall–Kier alpha value is -0.580. The van der Waals surface area contributed by atoms with Crippen molar-refractivity contribution in [2.24, 2.45) is 0 Å². The van der Waals surface area contributed by atoms with Gasteiger partial charge in [0.2, 0.25) is 5.91 Å². The van der Waals surface area contributed by atoms with Gasteiger partial charge in [-0.1, -0.05) is 15.9 Å². The highest BCUT2D eigenvalue weighted by Crippen LogP contribution is 2.13. The molecular formula is C10H14BrClN2O. The third kappa shape index (κ3) is 5.77. The molecule has 0 aliphatic carbocycles. The van der Waals surface area contributed by atoms with E-state index in [4.69, 9.17) is 0 Å². The molecule has 0 radical (unpaired) electrons. The van der Waals surface area contributed by atoms with Gasteiger partial charge in [0, 0.05) is 23.1 Å². The van der Waals surface area contributed by atoms with Crippen LogP contribution in [-0.4, -0.2) is 19.5 Å². The lowest BCUT2D eigenvalue weighted by Gasteiger charge is -2.04. The molecule has 2 N–H and O–H groups in total. The lowest BCUT2D eigenvalue weighted by atomic mass is 10.3. The van der Waals surface area contributed by atoms with Crippen LogP contribution >= 0.6 is 28.3 Å². The van der Waals surface area contributed by atoms with Gasteiger partial charge >= 0.3 is 0 Å². The second kappa shape index (κ2) is 7.68. The zero-order chi connectivity index (χ0) is 10.4. The Bertz CT molecular complexity index is 303. The second-order valence-corrected chi connectivity index (χ2v) is 3.82. The van der Waals surface area contributed by atoms with Crippen molar-refractivity contribution >= 4 is 39.9 Å². The van der Waals surface area contributed by atoms with E-state index in [-0.39, 0.29) is 18.3 Å². The molecule has 0 saturated carbocycles. The van der Waals surface area contributed by atoms with E-state index in [0.717, 1.165) is 10.2 Å². The summed E-state index contributed by atoms with van der Waals surface area (Å²) in [5.41, 5.74) is 0.828. The maximum atomic E-state index is 11.3. The summed E-state index contributed by atoms with van der Waals surface area (Å²) < 4.78 is 1.01. The number of amides is 1. The van der Waals surface area contributed by atoms with Crippen molar-refractivity contribution in [3.05, 3.63) is 28.7 Å². The number of hydrogen-bond donors (Lipinski definition) is 2. The predicted octanol–water partition coefficient (Wildman–Crippen LogP) is 2.42. The fourth-order valence-corrected chi connectivity index (χ4v) is 1.26. The van der Waals surface area contributed by atoms with Gasteiger partial charge in [-0.05, 0) is 31.3 Å².